The van der Waals surface area contributed by atoms with Crippen LogP contribution in [0, 0.1) is 0 Å². The highest BCUT2D eigenvalue weighted by molar-refractivity contribution is 5.85. The van der Waals surface area contributed by atoms with E-state index in [0.717, 1.165) is 11.1 Å². The summed E-state index contributed by atoms with van der Waals surface area (Å²) < 4.78 is 1.77. The molecule has 0 saturated carbocycles. The zero-order valence-corrected chi connectivity index (χ0v) is 8.03. The zero-order valence-electron chi connectivity index (χ0n) is 8.03. The molecule has 0 aliphatic carbocycles. The van der Waals surface area contributed by atoms with Gasteiger partial charge in [-0.15, -0.1) is 0 Å². The molecule has 2 heterocycles. The van der Waals surface area contributed by atoms with E-state index >= 15 is 0 Å². The van der Waals surface area contributed by atoms with Gasteiger partial charge in [-0.2, -0.15) is 5.10 Å². The minimum absolute atomic E-state index is 0.273. The highest BCUT2D eigenvalue weighted by Gasteiger charge is 2.10. The highest BCUT2D eigenvalue weighted by atomic mass is 16.1. The Kier molecular flexibility index (Phi) is 1.73. The van der Waals surface area contributed by atoms with Crippen molar-refractivity contribution in [2.24, 2.45) is 7.05 Å². The minimum Gasteiger partial charge on any atom is -0.332 e. The van der Waals surface area contributed by atoms with E-state index in [4.69, 9.17) is 0 Å². The number of allylic oxidation sites excluding steroid dienone is 1. The van der Waals surface area contributed by atoms with Crippen LogP contribution in [0.15, 0.2) is 17.7 Å². The molecule has 2 aromatic rings. The molecule has 0 aliphatic rings. The summed E-state index contributed by atoms with van der Waals surface area (Å²) in [6, 6.07) is 0. The predicted molar refractivity (Wildman–Crippen MR) is 53.8 cm³/mol. The van der Waals surface area contributed by atoms with Crippen LogP contribution in [0.25, 0.3) is 16.6 Å². The lowest BCUT2D eigenvalue weighted by Crippen LogP contribution is -2.11. The van der Waals surface area contributed by atoms with Gasteiger partial charge in [-0.25, -0.2) is 10.1 Å². The molecule has 5 nitrogen and oxygen atoms in total. The molecule has 14 heavy (non-hydrogen) atoms. The van der Waals surface area contributed by atoms with E-state index in [2.05, 4.69) is 21.8 Å². The van der Waals surface area contributed by atoms with Gasteiger partial charge in [0, 0.05) is 7.05 Å². The van der Waals surface area contributed by atoms with Crippen LogP contribution in [0.4, 0.5) is 0 Å². The van der Waals surface area contributed by atoms with E-state index in [0.29, 0.717) is 11.2 Å². The van der Waals surface area contributed by atoms with Crippen LogP contribution in [-0.2, 0) is 7.05 Å². The first-order valence-corrected chi connectivity index (χ1v) is 4.17. The van der Waals surface area contributed by atoms with Gasteiger partial charge < -0.3 is 4.57 Å². The third kappa shape index (κ3) is 1.06. The Labute approximate surface area is 80.1 Å². The molecule has 2 aromatic heterocycles. The molecule has 0 bridgehead atoms. The Hall–Kier alpha value is -1.91. The molecule has 0 aromatic carbocycles. The Morgan fingerprint density at radius 3 is 3.00 bits per heavy atom. The summed E-state index contributed by atoms with van der Waals surface area (Å²) in [7, 11) is 1.82. The first kappa shape index (κ1) is 8.68. The van der Waals surface area contributed by atoms with E-state index < -0.39 is 0 Å². The highest BCUT2D eigenvalue weighted by Crippen LogP contribution is 2.16. The second kappa shape index (κ2) is 2.80. The standard InChI is InChI=1S/C9H10N4O/c1-5(2)6-8-7(9(14)12-11-6)10-4-13(8)3/h4H,1H2,2-3H3,(H,12,14). The summed E-state index contributed by atoms with van der Waals surface area (Å²) in [6.07, 6.45) is 1.59. The van der Waals surface area contributed by atoms with Crippen LogP contribution in [-0.4, -0.2) is 19.7 Å². The largest absolute Gasteiger partial charge is 0.332 e. The molecule has 2 rings (SSSR count). The van der Waals surface area contributed by atoms with Crippen molar-refractivity contribution in [1.29, 1.82) is 0 Å². The lowest BCUT2D eigenvalue weighted by atomic mass is 10.2. The molecule has 1 N–H and O–H groups in total. The van der Waals surface area contributed by atoms with E-state index in [9.17, 15) is 4.79 Å². The second-order valence-corrected chi connectivity index (χ2v) is 3.23. The molecule has 5 heteroatoms. The molecule has 0 amide bonds. The summed E-state index contributed by atoms with van der Waals surface area (Å²) in [5, 5.41) is 6.34. The first-order chi connectivity index (χ1) is 6.61. The average Bonchev–Trinajstić information content (AvgIpc) is 2.50. The lowest BCUT2D eigenvalue weighted by Gasteiger charge is -2.01. The minimum atomic E-state index is -0.273. The Balaban J connectivity index is 3.00. The quantitative estimate of drug-likeness (QED) is 0.719. The van der Waals surface area contributed by atoms with Crippen LogP contribution >= 0.6 is 0 Å². The van der Waals surface area contributed by atoms with E-state index in [1.807, 2.05) is 14.0 Å². The molecule has 0 fully saturated rings. The Bertz CT molecular complexity index is 564. The van der Waals surface area contributed by atoms with Crippen LogP contribution in [0.1, 0.15) is 12.6 Å². The van der Waals surface area contributed by atoms with Crippen molar-refractivity contribution in [3.05, 3.63) is 29.0 Å². The number of hydrogen-bond acceptors (Lipinski definition) is 3. The summed E-state index contributed by atoms with van der Waals surface area (Å²) in [6.45, 7) is 5.64. The number of aromatic nitrogens is 4. The molecular formula is C9H10N4O. The van der Waals surface area contributed by atoms with Crippen LogP contribution in [0.5, 0.6) is 0 Å². The number of H-pyrrole nitrogens is 1. The van der Waals surface area contributed by atoms with E-state index in [-0.39, 0.29) is 5.56 Å². The third-order valence-corrected chi connectivity index (χ3v) is 2.05. The maximum Gasteiger partial charge on any atom is 0.292 e. The van der Waals surface area contributed by atoms with Gasteiger partial charge in [0.15, 0.2) is 5.52 Å². The molecule has 0 unspecified atom stereocenters. The molecule has 0 aliphatic heterocycles. The summed E-state index contributed by atoms with van der Waals surface area (Å²) in [5.41, 5.74) is 2.34. The predicted octanol–water partition coefficient (Wildman–Crippen LogP) is 0.690. The van der Waals surface area contributed by atoms with Crippen LogP contribution < -0.4 is 5.56 Å². The van der Waals surface area contributed by atoms with Crippen molar-refractivity contribution in [2.45, 2.75) is 6.92 Å². The van der Waals surface area contributed by atoms with Gasteiger partial charge in [0.2, 0.25) is 0 Å². The van der Waals surface area contributed by atoms with Gasteiger partial charge in [0.05, 0.1) is 6.33 Å². The fourth-order valence-electron chi connectivity index (χ4n) is 1.39. The molecule has 0 saturated heterocycles. The van der Waals surface area contributed by atoms with Crippen molar-refractivity contribution < 1.29 is 0 Å². The third-order valence-electron chi connectivity index (χ3n) is 2.05. The number of aryl methyl sites for hydroxylation is 1. The summed E-state index contributed by atoms with van der Waals surface area (Å²) >= 11 is 0. The number of nitrogens with one attached hydrogen (secondary N) is 1. The number of aromatic amines is 1. The molecule has 0 atom stereocenters. The normalized spacial score (nSPS) is 10.7. The fraction of sp³-hybridized carbons (Fsp3) is 0.222. The van der Waals surface area contributed by atoms with Crippen LogP contribution in [0.2, 0.25) is 0 Å². The summed E-state index contributed by atoms with van der Waals surface area (Å²) in [4.78, 5) is 15.3. The van der Waals surface area contributed by atoms with Crippen LogP contribution in [0.3, 0.4) is 0 Å². The summed E-state index contributed by atoms with van der Waals surface area (Å²) in [5.74, 6) is 0. The maximum atomic E-state index is 11.3. The van der Waals surface area contributed by atoms with Crippen molar-refractivity contribution in [2.75, 3.05) is 0 Å². The van der Waals surface area contributed by atoms with E-state index in [1.54, 1.807) is 10.9 Å². The number of hydrogen-bond donors (Lipinski definition) is 1. The topological polar surface area (TPSA) is 63.6 Å². The lowest BCUT2D eigenvalue weighted by molar-refractivity contribution is 0.928. The zero-order chi connectivity index (χ0) is 10.3. The average molecular weight is 190 g/mol. The maximum absolute atomic E-state index is 11.3. The number of nitrogens with zero attached hydrogens (tertiary/aromatic N) is 3. The van der Waals surface area contributed by atoms with Crippen molar-refractivity contribution >= 4 is 16.6 Å². The first-order valence-electron chi connectivity index (χ1n) is 4.17. The monoisotopic (exact) mass is 190 g/mol. The van der Waals surface area contributed by atoms with Crippen molar-refractivity contribution in [3.63, 3.8) is 0 Å². The molecule has 0 spiro atoms. The van der Waals surface area contributed by atoms with Crippen molar-refractivity contribution in [1.82, 2.24) is 19.7 Å². The Morgan fingerprint density at radius 2 is 2.36 bits per heavy atom. The molecule has 0 radical (unpaired) electrons. The van der Waals surface area contributed by atoms with Crippen molar-refractivity contribution in [3.8, 4) is 0 Å². The van der Waals surface area contributed by atoms with Gasteiger partial charge in [0.1, 0.15) is 11.2 Å². The fourth-order valence-corrected chi connectivity index (χ4v) is 1.39. The smallest absolute Gasteiger partial charge is 0.292 e. The van der Waals surface area contributed by atoms with Gasteiger partial charge in [0.25, 0.3) is 5.56 Å². The number of rotatable bonds is 1. The molecular weight excluding hydrogens is 180 g/mol. The van der Waals surface area contributed by atoms with E-state index in [1.165, 1.54) is 0 Å². The SMILES string of the molecule is C=C(C)c1n[nH]c(=O)c2ncn(C)c12. The second-order valence-electron chi connectivity index (χ2n) is 3.23. The molecule has 72 valence electrons. The van der Waals surface area contributed by atoms with Gasteiger partial charge in [-0.3, -0.25) is 4.79 Å². The number of fused-ring (bicyclic) bond motifs is 1. The van der Waals surface area contributed by atoms with Gasteiger partial charge in [-0.05, 0) is 12.5 Å². The van der Waals surface area contributed by atoms with Gasteiger partial charge in [-0.1, -0.05) is 6.58 Å². The number of imidazole rings is 1. The van der Waals surface area contributed by atoms with Gasteiger partial charge >= 0.3 is 0 Å². The Morgan fingerprint density at radius 1 is 1.64 bits per heavy atom.